The van der Waals surface area contributed by atoms with Gasteiger partial charge in [-0.05, 0) is 48.2 Å². The molecule has 30 heavy (non-hydrogen) atoms. The molecule has 0 radical (unpaired) electrons. The molecule has 0 spiro atoms. The van der Waals surface area contributed by atoms with Crippen LogP contribution >= 0.6 is 0 Å². The Morgan fingerprint density at radius 1 is 0.833 bits per heavy atom. The molecular weight excluding hydrogens is 434 g/mol. The zero-order valence-corrected chi connectivity index (χ0v) is 18.4. The number of halogens is 2. The molecule has 3 rings (SSSR count). The van der Waals surface area contributed by atoms with Crippen molar-refractivity contribution in [1.29, 1.82) is 0 Å². The maximum absolute atomic E-state index is 13.9. The van der Waals surface area contributed by atoms with Gasteiger partial charge in [-0.15, -0.1) is 0 Å². The minimum atomic E-state index is -4.27. The Bertz CT molecular complexity index is 1110. The van der Waals surface area contributed by atoms with Gasteiger partial charge in [0.1, 0.15) is 16.5 Å². The zero-order valence-electron chi connectivity index (χ0n) is 16.8. The summed E-state index contributed by atoms with van der Waals surface area (Å²) in [6.45, 7) is 3.70. The highest BCUT2D eigenvalue weighted by atomic mass is 32.2. The summed E-state index contributed by atoms with van der Waals surface area (Å²) >= 11 is 0. The lowest BCUT2D eigenvalue weighted by atomic mass is 10.0. The summed E-state index contributed by atoms with van der Waals surface area (Å²) in [5.74, 6) is -1.46. The van der Waals surface area contributed by atoms with E-state index < -0.39 is 36.6 Å². The molecule has 0 saturated carbocycles. The van der Waals surface area contributed by atoms with Crippen molar-refractivity contribution in [3.63, 3.8) is 0 Å². The number of piperazine rings is 1. The minimum absolute atomic E-state index is 0.0771. The smallest absolute Gasteiger partial charge is 0.207 e. The lowest BCUT2D eigenvalue weighted by Gasteiger charge is -2.33. The van der Waals surface area contributed by atoms with E-state index in [1.54, 1.807) is 24.3 Å². The maximum Gasteiger partial charge on any atom is 0.246 e. The van der Waals surface area contributed by atoms with Crippen molar-refractivity contribution >= 4 is 20.0 Å². The molecule has 1 aliphatic rings. The first kappa shape index (κ1) is 22.8. The number of hydrogen-bond donors (Lipinski definition) is 0. The molecule has 0 unspecified atom stereocenters. The Morgan fingerprint density at radius 3 is 1.90 bits per heavy atom. The molecule has 0 aliphatic carbocycles. The third kappa shape index (κ3) is 4.72. The molecule has 0 atom stereocenters. The van der Waals surface area contributed by atoms with E-state index in [-0.39, 0.29) is 31.1 Å². The van der Waals surface area contributed by atoms with Gasteiger partial charge in [0.05, 0.1) is 4.90 Å². The predicted octanol–water partition coefficient (Wildman–Crippen LogP) is 2.86. The summed E-state index contributed by atoms with van der Waals surface area (Å²) in [5, 5.41) is 0. The number of hydrogen-bond acceptors (Lipinski definition) is 4. The first-order chi connectivity index (χ1) is 14.0. The van der Waals surface area contributed by atoms with Crippen LogP contribution in [0.2, 0.25) is 0 Å². The van der Waals surface area contributed by atoms with Crippen molar-refractivity contribution in [1.82, 2.24) is 8.61 Å². The summed E-state index contributed by atoms with van der Waals surface area (Å²) in [5.41, 5.74) is 1.04. The van der Waals surface area contributed by atoms with E-state index in [9.17, 15) is 25.6 Å². The third-order valence-corrected chi connectivity index (χ3v) is 8.74. The van der Waals surface area contributed by atoms with E-state index in [0.29, 0.717) is 12.0 Å². The molecule has 1 saturated heterocycles. The SMILES string of the molecule is CC(C)Cc1ccc(S(=O)(=O)N2CCN(S(=O)(=O)c3cc(F)ccc3F)CC2)cc1. The fourth-order valence-electron chi connectivity index (χ4n) is 3.38. The van der Waals surface area contributed by atoms with Gasteiger partial charge in [0.2, 0.25) is 20.0 Å². The Hall–Kier alpha value is -1.88. The Morgan fingerprint density at radius 2 is 1.37 bits per heavy atom. The Balaban J connectivity index is 1.73. The van der Waals surface area contributed by atoms with E-state index in [1.807, 2.05) is 0 Å². The van der Waals surface area contributed by atoms with Crippen molar-refractivity contribution in [2.45, 2.75) is 30.1 Å². The van der Waals surface area contributed by atoms with Crippen molar-refractivity contribution in [2.75, 3.05) is 26.2 Å². The van der Waals surface area contributed by atoms with Gasteiger partial charge in [0, 0.05) is 26.2 Å². The van der Waals surface area contributed by atoms with Gasteiger partial charge < -0.3 is 0 Å². The third-order valence-electron chi connectivity index (χ3n) is 4.91. The van der Waals surface area contributed by atoms with Crippen LogP contribution in [0.5, 0.6) is 0 Å². The van der Waals surface area contributed by atoms with Crippen LogP contribution < -0.4 is 0 Å². The molecule has 0 amide bonds. The van der Waals surface area contributed by atoms with Crippen molar-refractivity contribution in [3.8, 4) is 0 Å². The minimum Gasteiger partial charge on any atom is -0.207 e. The summed E-state index contributed by atoms with van der Waals surface area (Å²) in [6.07, 6.45) is 0.841. The average molecular weight is 459 g/mol. The molecule has 0 N–H and O–H groups in total. The highest BCUT2D eigenvalue weighted by Gasteiger charge is 2.35. The summed E-state index contributed by atoms with van der Waals surface area (Å²) in [4.78, 5) is -0.609. The van der Waals surface area contributed by atoms with E-state index in [1.165, 1.54) is 4.31 Å². The van der Waals surface area contributed by atoms with Gasteiger partial charge in [0.15, 0.2) is 0 Å². The molecule has 10 heteroatoms. The first-order valence-electron chi connectivity index (χ1n) is 9.56. The quantitative estimate of drug-likeness (QED) is 0.667. The predicted molar refractivity (Wildman–Crippen MR) is 109 cm³/mol. The molecule has 0 bridgehead atoms. The van der Waals surface area contributed by atoms with Crippen LogP contribution in [0.4, 0.5) is 8.78 Å². The monoisotopic (exact) mass is 458 g/mol. The fourth-order valence-corrected chi connectivity index (χ4v) is 6.30. The highest BCUT2D eigenvalue weighted by Crippen LogP contribution is 2.24. The number of benzene rings is 2. The largest absolute Gasteiger partial charge is 0.246 e. The van der Waals surface area contributed by atoms with Crippen molar-refractivity contribution in [2.24, 2.45) is 5.92 Å². The van der Waals surface area contributed by atoms with Crippen LogP contribution in [-0.4, -0.2) is 51.6 Å². The van der Waals surface area contributed by atoms with Crippen LogP contribution in [0.3, 0.4) is 0 Å². The molecular formula is C20H24F2N2O4S2. The van der Waals surface area contributed by atoms with E-state index >= 15 is 0 Å². The molecule has 164 valence electrons. The van der Waals surface area contributed by atoms with Crippen LogP contribution in [-0.2, 0) is 26.5 Å². The molecule has 1 aliphatic heterocycles. The normalized spacial score (nSPS) is 16.8. The lowest BCUT2D eigenvalue weighted by Crippen LogP contribution is -2.50. The number of nitrogens with zero attached hydrogens (tertiary/aromatic N) is 2. The molecule has 2 aromatic rings. The second-order valence-corrected chi connectivity index (χ2v) is 11.5. The molecule has 1 fully saturated rings. The van der Waals surface area contributed by atoms with Gasteiger partial charge in [-0.2, -0.15) is 8.61 Å². The van der Waals surface area contributed by atoms with Crippen LogP contribution in [0.25, 0.3) is 0 Å². The molecule has 0 aromatic heterocycles. The van der Waals surface area contributed by atoms with Crippen molar-refractivity contribution in [3.05, 3.63) is 59.7 Å². The van der Waals surface area contributed by atoms with Crippen LogP contribution in [0.1, 0.15) is 19.4 Å². The molecule has 1 heterocycles. The van der Waals surface area contributed by atoms with Crippen LogP contribution in [0.15, 0.2) is 52.3 Å². The lowest BCUT2D eigenvalue weighted by molar-refractivity contribution is 0.272. The summed E-state index contributed by atoms with van der Waals surface area (Å²) in [7, 11) is -8.05. The van der Waals surface area contributed by atoms with E-state index in [2.05, 4.69) is 13.8 Å². The van der Waals surface area contributed by atoms with E-state index in [4.69, 9.17) is 0 Å². The fraction of sp³-hybridized carbons (Fsp3) is 0.400. The topological polar surface area (TPSA) is 74.8 Å². The number of rotatable bonds is 6. The second-order valence-electron chi connectivity index (χ2n) is 7.62. The Kier molecular flexibility index (Phi) is 6.61. The standard InChI is InChI=1S/C20H24F2N2O4S2/c1-15(2)13-16-3-6-18(7-4-16)29(25,26)23-9-11-24(12-10-23)30(27,28)20-14-17(21)5-8-19(20)22/h3-8,14-15H,9-13H2,1-2H3. The van der Waals surface area contributed by atoms with E-state index in [0.717, 1.165) is 28.4 Å². The highest BCUT2D eigenvalue weighted by molar-refractivity contribution is 7.89. The van der Waals surface area contributed by atoms with Gasteiger partial charge in [-0.1, -0.05) is 26.0 Å². The summed E-state index contributed by atoms with van der Waals surface area (Å²) in [6, 6.07) is 8.89. The second kappa shape index (κ2) is 8.70. The molecule has 2 aromatic carbocycles. The van der Waals surface area contributed by atoms with Gasteiger partial charge in [-0.25, -0.2) is 25.6 Å². The van der Waals surface area contributed by atoms with Gasteiger partial charge in [0.25, 0.3) is 0 Å². The zero-order chi connectivity index (χ0) is 22.1. The van der Waals surface area contributed by atoms with Crippen molar-refractivity contribution < 1.29 is 25.6 Å². The maximum atomic E-state index is 13.9. The van der Waals surface area contributed by atoms with Gasteiger partial charge >= 0.3 is 0 Å². The molecule has 6 nitrogen and oxygen atoms in total. The van der Waals surface area contributed by atoms with Crippen LogP contribution in [0, 0.1) is 17.6 Å². The Labute approximate surface area is 176 Å². The average Bonchev–Trinajstić information content (AvgIpc) is 2.70. The number of sulfonamides is 2. The summed E-state index contributed by atoms with van der Waals surface area (Å²) < 4.78 is 80.6. The van der Waals surface area contributed by atoms with Gasteiger partial charge in [-0.3, -0.25) is 0 Å². The first-order valence-corrected chi connectivity index (χ1v) is 12.4.